The number of amides is 2. The summed E-state index contributed by atoms with van der Waals surface area (Å²) < 4.78 is 18.2. The molecule has 0 radical (unpaired) electrons. The summed E-state index contributed by atoms with van der Waals surface area (Å²) in [6, 6.07) is 14.5. The van der Waals surface area contributed by atoms with Crippen LogP contribution in [0.3, 0.4) is 0 Å². The molecule has 0 aliphatic carbocycles. The Kier molecular flexibility index (Phi) is 7.65. The highest BCUT2D eigenvalue weighted by Gasteiger charge is 2.44. The highest BCUT2D eigenvalue weighted by molar-refractivity contribution is 7.80. The van der Waals surface area contributed by atoms with Crippen molar-refractivity contribution in [2.75, 3.05) is 16.8 Å². The molecule has 0 bridgehead atoms. The molecule has 1 aromatic heterocycles. The summed E-state index contributed by atoms with van der Waals surface area (Å²) >= 11 is 5.67. The van der Waals surface area contributed by atoms with Gasteiger partial charge in [0.1, 0.15) is 11.9 Å². The van der Waals surface area contributed by atoms with E-state index in [4.69, 9.17) is 17.0 Å². The number of benzene rings is 2. The van der Waals surface area contributed by atoms with Crippen LogP contribution in [0.5, 0.6) is 0 Å². The van der Waals surface area contributed by atoms with E-state index >= 15 is 0 Å². The molecular formula is C26H23FN4O4S. The average molecular weight is 507 g/mol. The quantitative estimate of drug-likeness (QED) is 0.366. The number of nitrogens with zero attached hydrogens (tertiary/aromatic N) is 3. The van der Waals surface area contributed by atoms with Crippen molar-refractivity contribution in [2.45, 2.75) is 25.9 Å². The SMILES string of the molecule is CCOC(=O)c1ccc(N2C(=O)[C@H](CC(=O)Nc3ccc(F)cc3)N(Cc3cccnc3)C2=S)cc1. The number of pyridine rings is 1. The first kappa shape index (κ1) is 24.9. The Balaban J connectivity index is 1.58. The van der Waals surface area contributed by atoms with Crippen LogP contribution in [0, 0.1) is 5.82 Å². The van der Waals surface area contributed by atoms with Crippen molar-refractivity contribution in [3.8, 4) is 0 Å². The zero-order chi connectivity index (χ0) is 25.7. The lowest BCUT2D eigenvalue weighted by atomic mass is 10.1. The number of esters is 1. The summed E-state index contributed by atoms with van der Waals surface area (Å²) in [6.07, 6.45) is 3.13. The van der Waals surface area contributed by atoms with Crippen molar-refractivity contribution in [3.63, 3.8) is 0 Å². The molecular weight excluding hydrogens is 483 g/mol. The number of halogens is 1. The van der Waals surface area contributed by atoms with Crippen LogP contribution in [0.25, 0.3) is 0 Å². The van der Waals surface area contributed by atoms with Gasteiger partial charge in [0.2, 0.25) is 5.91 Å². The molecule has 36 heavy (non-hydrogen) atoms. The van der Waals surface area contributed by atoms with Crippen LogP contribution in [0.4, 0.5) is 15.8 Å². The Morgan fingerprint density at radius 3 is 2.47 bits per heavy atom. The number of aromatic nitrogens is 1. The minimum absolute atomic E-state index is 0.173. The van der Waals surface area contributed by atoms with Gasteiger partial charge in [-0.05, 0) is 79.3 Å². The molecule has 8 nitrogen and oxygen atoms in total. The van der Waals surface area contributed by atoms with Crippen LogP contribution in [0.1, 0.15) is 29.3 Å². The Bertz CT molecular complexity index is 1270. The molecule has 3 aromatic rings. The second-order valence-electron chi connectivity index (χ2n) is 7.99. The molecule has 4 rings (SSSR count). The molecule has 1 aliphatic rings. The third-order valence-corrected chi connectivity index (χ3v) is 5.95. The Labute approximate surface area is 212 Å². The first-order valence-corrected chi connectivity index (χ1v) is 11.6. The third kappa shape index (κ3) is 5.55. The highest BCUT2D eigenvalue weighted by Crippen LogP contribution is 2.29. The Morgan fingerprint density at radius 1 is 1.11 bits per heavy atom. The third-order valence-electron chi connectivity index (χ3n) is 5.54. The van der Waals surface area contributed by atoms with Crippen molar-refractivity contribution in [1.29, 1.82) is 0 Å². The van der Waals surface area contributed by atoms with Gasteiger partial charge in [-0.3, -0.25) is 19.5 Å². The zero-order valence-corrected chi connectivity index (χ0v) is 20.2. The van der Waals surface area contributed by atoms with Gasteiger partial charge in [-0.15, -0.1) is 0 Å². The lowest BCUT2D eigenvalue weighted by molar-refractivity contribution is -0.124. The second-order valence-corrected chi connectivity index (χ2v) is 8.35. The van der Waals surface area contributed by atoms with Crippen LogP contribution in [-0.2, 0) is 20.9 Å². The first-order valence-electron chi connectivity index (χ1n) is 11.2. The molecule has 1 saturated heterocycles. The van der Waals surface area contributed by atoms with Crippen molar-refractivity contribution >= 4 is 46.5 Å². The predicted octanol–water partition coefficient (Wildman–Crippen LogP) is 3.93. The summed E-state index contributed by atoms with van der Waals surface area (Å²) in [5.74, 6) is -1.68. The average Bonchev–Trinajstić information content (AvgIpc) is 3.10. The van der Waals surface area contributed by atoms with Crippen LogP contribution >= 0.6 is 12.2 Å². The molecule has 2 heterocycles. The minimum atomic E-state index is -0.872. The van der Waals surface area contributed by atoms with E-state index < -0.39 is 23.7 Å². The fraction of sp³-hybridized carbons (Fsp3) is 0.192. The van der Waals surface area contributed by atoms with E-state index in [1.54, 1.807) is 54.5 Å². The molecule has 1 N–H and O–H groups in total. The molecule has 10 heteroatoms. The van der Waals surface area contributed by atoms with Crippen LogP contribution < -0.4 is 10.2 Å². The van der Waals surface area contributed by atoms with Crippen molar-refractivity contribution in [3.05, 3.63) is 90.0 Å². The van der Waals surface area contributed by atoms with Gasteiger partial charge in [-0.1, -0.05) is 6.07 Å². The van der Waals surface area contributed by atoms with Gasteiger partial charge in [0.25, 0.3) is 5.91 Å². The van der Waals surface area contributed by atoms with E-state index in [1.165, 1.54) is 29.2 Å². The summed E-state index contributed by atoms with van der Waals surface area (Å²) in [4.78, 5) is 45.5. The number of rotatable bonds is 8. The number of anilines is 2. The minimum Gasteiger partial charge on any atom is -0.462 e. The van der Waals surface area contributed by atoms with Crippen molar-refractivity contribution in [2.24, 2.45) is 0 Å². The van der Waals surface area contributed by atoms with E-state index in [1.807, 2.05) is 6.07 Å². The topological polar surface area (TPSA) is 91.8 Å². The molecule has 184 valence electrons. The molecule has 1 atom stereocenters. The lowest BCUT2D eigenvalue weighted by Crippen LogP contribution is -2.37. The lowest BCUT2D eigenvalue weighted by Gasteiger charge is -2.24. The molecule has 0 saturated carbocycles. The zero-order valence-electron chi connectivity index (χ0n) is 19.4. The predicted molar refractivity (Wildman–Crippen MR) is 136 cm³/mol. The molecule has 0 spiro atoms. The maximum atomic E-state index is 13.5. The largest absolute Gasteiger partial charge is 0.462 e. The van der Waals surface area contributed by atoms with Gasteiger partial charge >= 0.3 is 5.97 Å². The number of hydrogen-bond donors (Lipinski definition) is 1. The van der Waals surface area contributed by atoms with Gasteiger partial charge in [0, 0.05) is 24.6 Å². The standard InChI is InChI=1S/C26H23FN4O4S/c1-2-35-25(34)18-5-11-21(12-6-18)31-24(33)22(14-23(32)29-20-9-7-19(27)8-10-20)30(26(31)36)16-17-4-3-13-28-15-17/h3-13,15,22H,2,14,16H2,1H3,(H,29,32)/t22-/m0/s1. The summed E-state index contributed by atoms with van der Waals surface area (Å²) in [6.45, 7) is 2.24. The van der Waals surface area contributed by atoms with Crippen molar-refractivity contribution in [1.82, 2.24) is 9.88 Å². The van der Waals surface area contributed by atoms with Gasteiger partial charge in [0.05, 0.1) is 24.3 Å². The van der Waals surface area contributed by atoms with E-state index in [9.17, 15) is 18.8 Å². The highest BCUT2D eigenvalue weighted by atomic mass is 32.1. The smallest absolute Gasteiger partial charge is 0.338 e. The Hall–Kier alpha value is -4.18. The molecule has 1 fully saturated rings. The van der Waals surface area contributed by atoms with Gasteiger partial charge in [-0.25, -0.2) is 9.18 Å². The number of thiocarbonyl (C=S) groups is 1. The maximum absolute atomic E-state index is 13.5. The summed E-state index contributed by atoms with van der Waals surface area (Å²) in [5.41, 5.74) is 2.05. The normalized spacial score (nSPS) is 15.2. The van der Waals surface area contributed by atoms with Gasteiger partial charge in [0.15, 0.2) is 5.11 Å². The maximum Gasteiger partial charge on any atom is 0.338 e. The fourth-order valence-corrected chi connectivity index (χ4v) is 4.21. The fourth-order valence-electron chi connectivity index (χ4n) is 3.82. The number of carbonyl (C=O) groups excluding carboxylic acids is 3. The molecule has 2 aromatic carbocycles. The molecule has 1 aliphatic heterocycles. The number of ether oxygens (including phenoxy) is 1. The van der Waals surface area contributed by atoms with E-state index in [0.717, 1.165) is 5.56 Å². The summed E-state index contributed by atoms with van der Waals surface area (Å²) in [5, 5.41) is 2.92. The number of hydrogen-bond acceptors (Lipinski definition) is 6. The van der Waals surface area contributed by atoms with Crippen LogP contribution in [-0.4, -0.2) is 45.4 Å². The number of carbonyl (C=O) groups is 3. The van der Waals surface area contributed by atoms with Gasteiger partial charge in [-0.2, -0.15) is 0 Å². The van der Waals surface area contributed by atoms with Crippen molar-refractivity contribution < 1.29 is 23.5 Å². The molecule has 0 unspecified atom stereocenters. The van der Waals surface area contributed by atoms with Crippen LogP contribution in [0.15, 0.2) is 73.1 Å². The Morgan fingerprint density at radius 2 is 1.83 bits per heavy atom. The second kappa shape index (κ2) is 11.0. The van der Waals surface area contributed by atoms with Gasteiger partial charge < -0.3 is 15.0 Å². The van der Waals surface area contributed by atoms with E-state index in [2.05, 4.69) is 10.3 Å². The van der Waals surface area contributed by atoms with E-state index in [0.29, 0.717) is 16.9 Å². The monoisotopic (exact) mass is 506 g/mol. The number of nitrogens with one attached hydrogen (secondary N) is 1. The first-order chi connectivity index (χ1) is 17.4. The molecule has 2 amide bonds. The summed E-state index contributed by atoms with van der Waals surface area (Å²) in [7, 11) is 0. The van der Waals surface area contributed by atoms with Crippen LogP contribution in [0.2, 0.25) is 0 Å². The van der Waals surface area contributed by atoms with E-state index in [-0.39, 0.29) is 30.6 Å².